The van der Waals surface area contributed by atoms with E-state index in [4.69, 9.17) is 0 Å². The fourth-order valence-electron chi connectivity index (χ4n) is 2.79. The molecule has 0 radical (unpaired) electrons. The molecule has 6 nitrogen and oxygen atoms in total. The first-order valence-corrected chi connectivity index (χ1v) is 8.23. The normalized spacial score (nSPS) is 17.6. The quantitative estimate of drug-likeness (QED) is 0.938. The van der Waals surface area contributed by atoms with E-state index in [9.17, 15) is 9.59 Å². The molecule has 1 saturated heterocycles. The summed E-state index contributed by atoms with van der Waals surface area (Å²) in [4.78, 5) is 26.3. The van der Waals surface area contributed by atoms with Crippen LogP contribution in [-0.4, -0.2) is 28.6 Å². The van der Waals surface area contributed by atoms with Crippen molar-refractivity contribution in [3.63, 3.8) is 0 Å². The van der Waals surface area contributed by atoms with Gasteiger partial charge < -0.3 is 10.2 Å². The maximum atomic E-state index is 12.3. The molecule has 120 valence electrons. The summed E-state index contributed by atoms with van der Waals surface area (Å²) in [7, 11) is 0. The van der Waals surface area contributed by atoms with Crippen LogP contribution in [0.25, 0.3) is 0 Å². The topological polar surface area (TPSA) is 75.2 Å². The first kappa shape index (κ1) is 15.6. The van der Waals surface area contributed by atoms with Crippen molar-refractivity contribution in [1.82, 2.24) is 10.2 Å². The van der Waals surface area contributed by atoms with E-state index in [1.807, 2.05) is 32.9 Å². The number of carbonyl (C=O) groups is 2. The van der Waals surface area contributed by atoms with Crippen LogP contribution in [-0.2, 0) is 9.59 Å². The van der Waals surface area contributed by atoms with Gasteiger partial charge in [-0.25, -0.2) is 0 Å². The number of amides is 2. The summed E-state index contributed by atoms with van der Waals surface area (Å²) in [6.07, 6.45) is 0.219. The molecule has 1 aromatic carbocycles. The molecule has 0 unspecified atom stereocenters. The lowest BCUT2D eigenvalue weighted by atomic mass is 10.1. The van der Waals surface area contributed by atoms with E-state index in [2.05, 4.69) is 21.6 Å². The second kappa shape index (κ2) is 6.08. The van der Waals surface area contributed by atoms with Gasteiger partial charge in [-0.2, -0.15) is 0 Å². The number of aromatic nitrogens is 2. The molecule has 1 atom stereocenters. The standard InChI is InChI=1S/C16H18N4O2S/c1-9-4-10(2)6-13(5-9)20-8-12(7-14(20)21)15(22)17-16-19-18-11(3)23-16/h4-6,12H,7-8H2,1-3H3,(H,17,19,22)/t12-/m1/s1. The van der Waals surface area contributed by atoms with Crippen molar-refractivity contribution in [2.45, 2.75) is 27.2 Å². The second-order valence-electron chi connectivity index (χ2n) is 5.87. The summed E-state index contributed by atoms with van der Waals surface area (Å²) in [6.45, 7) is 6.22. The number of nitrogens with zero attached hydrogens (tertiary/aromatic N) is 3. The van der Waals surface area contributed by atoms with Gasteiger partial charge in [-0.1, -0.05) is 17.4 Å². The number of benzene rings is 1. The second-order valence-corrected chi connectivity index (χ2v) is 7.05. The molecular formula is C16H18N4O2S. The Kier molecular flexibility index (Phi) is 4.12. The largest absolute Gasteiger partial charge is 0.312 e. The van der Waals surface area contributed by atoms with Crippen LogP contribution in [0.2, 0.25) is 0 Å². The molecule has 0 aliphatic carbocycles. The number of anilines is 2. The third-order valence-corrected chi connectivity index (χ3v) is 4.52. The summed E-state index contributed by atoms with van der Waals surface area (Å²) < 4.78 is 0. The van der Waals surface area contributed by atoms with Gasteiger partial charge in [0.05, 0.1) is 5.92 Å². The van der Waals surface area contributed by atoms with Crippen molar-refractivity contribution in [3.8, 4) is 0 Å². The van der Waals surface area contributed by atoms with Gasteiger partial charge >= 0.3 is 0 Å². The van der Waals surface area contributed by atoms with E-state index in [0.717, 1.165) is 21.8 Å². The summed E-state index contributed by atoms with van der Waals surface area (Å²) in [6, 6.07) is 6.00. The maximum absolute atomic E-state index is 12.3. The average Bonchev–Trinajstić information content (AvgIpc) is 3.04. The van der Waals surface area contributed by atoms with Crippen molar-refractivity contribution in [2.24, 2.45) is 5.92 Å². The van der Waals surface area contributed by atoms with Crippen LogP contribution in [0, 0.1) is 26.7 Å². The molecule has 1 fully saturated rings. The minimum absolute atomic E-state index is 0.0244. The molecule has 1 aliphatic heterocycles. The molecule has 23 heavy (non-hydrogen) atoms. The summed E-state index contributed by atoms with van der Waals surface area (Å²) >= 11 is 1.32. The van der Waals surface area contributed by atoms with Crippen LogP contribution in [0.5, 0.6) is 0 Å². The predicted octanol–water partition coefficient (Wildman–Crippen LogP) is 2.45. The molecule has 0 saturated carbocycles. The first-order valence-electron chi connectivity index (χ1n) is 7.42. The molecule has 2 aromatic rings. The van der Waals surface area contributed by atoms with Crippen LogP contribution < -0.4 is 10.2 Å². The fourth-order valence-corrected chi connectivity index (χ4v) is 3.39. The highest BCUT2D eigenvalue weighted by molar-refractivity contribution is 7.15. The Morgan fingerprint density at radius 1 is 1.22 bits per heavy atom. The monoisotopic (exact) mass is 330 g/mol. The molecule has 1 N–H and O–H groups in total. The maximum Gasteiger partial charge on any atom is 0.231 e. The van der Waals surface area contributed by atoms with Gasteiger partial charge in [0, 0.05) is 18.7 Å². The first-order chi connectivity index (χ1) is 10.9. The average molecular weight is 330 g/mol. The number of hydrogen-bond donors (Lipinski definition) is 1. The lowest BCUT2D eigenvalue weighted by Crippen LogP contribution is -2.28. The zero-order valence-electron chi connectivity index (χ0n) is 13.3. The highest BCUT2D eigenvalue weighted by Gasteiger charge is 2.35. The Labute approximate surface area is 138 Å². The van der Waals surface area contributed by atoms with Gasteiger partial charge in [-0.3, -0.25) is 9.59 Å². The van der Waals surface area contributed by atoms with Gasteiger partial charge in [0.25, 0.3) is 0 Å². The lowest BCUT2D eigenvalue weighted by molar-refractivity contribution is -0.122. The minimum atomic E-state index is -0.368. The third kappa shape index (κ3) is 3.39. The summed E-state index contributed by atoms with van der Waals surface area (Å²) in [5.74, 6) is -0.572. The number of carbonyl (C=O) groups excluding carboxylic acids is 2. The van der Waals surface area contributed by atoms with Crippen LogP contribution >= 0.6 is 11.3 Å². The van der Waals surface area contributed by atoms with Gasteiger partial charge in [0.2, 0.25) is 16.9 Å². The molecule has 1 aromatic heterocycles. The number of nitrogens with one attached hydrogen (secondary N) is 1. The van der Waals surface area contributed by atoms with Crippen LogP contribution in [0.1, 0.15) is 22.6 Å². The number of hydrogen-bond acceptors (Lipinski definition) is 5. The minimum Gasteiger partial charge on any atom is -0.312 e. The third-order valence-electron chi connectivity index (χ3n) is 3.77. The van der Waals surface area contributed by atoms with Crippen molar-refractivity contribution >= 4 is 34.0 Å². The van der Waals surface area contributed by atoms with Crippen LogP contribution in [0.4, 0.5) is 10.8 Å². The fraction of sp³-hybridized carbons (Fsp3) is 0.375. The van der Waals surface area contributed by atoms with Crippen LogP contribution in [0.3, 0.4) is 0 Å². The number of rotatable bonds is 3. The van der Waals surface area contributed by atoms with Crippen molar-refractivity contribution in [2.75, 3.05) is 16.8 Å². The van der Waals surface area contributed by atoms with Gasteiger partial charge in [0.1, 0.15) is 5.01 Å². The van der Waals surface area contributed by atoms with Gasteiger partial charge in [0.15, 0.2) is 0 Å². The zero-order valence-corrected chi connectivity index (χ0v) is 14.1. The molecule has 7 heteroatoms. The molecular weight excluding hydrogens is 312 g/mol. The highest BCUT2D eigenvalue weighted by atomic mass is 32.1. The molecule has 0 bridgehead atoms. The SMILES string of the molecule is Cc1cc(C)cc(N2C[C@H](C(=O)Nc3nnc(C)s3)CC2=O)c1. The van der Waals surface area contributed by atoms with Crippen molar-refractivity contribution in [1.29, 1.82) is 0 Å². The van der Waals surface area contributed by atoms with E-state index < -0.39 is 0 Å². The Morgan fingerprint density at radius 3 is 2.52 bits per heavy atom. The van der Waals surface area contributed by atoms with E-state index in [1.165, 1.54) is 11.3 Å². The van der Waals surface area contributed by atoms with E-state index >= 15 is 0 Å². The Balaban J connectivity index is 1.72. The molecule has 2 amide bonds. The molecule has 3 rings (SSSR count). The summed E-state index contributed by atoms with van der Waals surface area (Å²) in [5.41, 5.74) is 3.06. The smallest absolute Gasteiger partial charge is 0.231 e. The lowest BCUT2D eigenvalue weighted by Gasteiger charge is -2.18. The van der Waals surface area contributed by atoms with E-state index in [-0.39, 0.29) is 24.2 Å². The molecule has 0 spiro atoms. The Bertz CT molecular complexity index is 751. The Morgan fingerprint density at radius 2 is 1.91 bits per heavy atom. The predicted molar refractivity (Wildman–Crippen MR) is 89.7 cm³/mol. The zero-order chi connectivity index (χ0) is 16.6. The van der Waals surface area contributed by atoms with E-state index in [1.54, 1.807) is 4.90 Å². The van der Waals surface area contributed by atoms with Gasteiger partial charge in [-0.05, 0) is 44.0 Å². The number of aryl methyl sites for hydroxylation is 3. The highest BCUT2D eigenvalue weighted by Crippen LogP contribution is 2.28. The Hall–Kier alpha value is -2.28. The van der Waals surface area contributed by atoms with Crippen LogP contribution in [0.15, 0.2) is 18.2 Å². The van der Waals surface area contributed by atoms with E-state index in [0.29, 0.717) is 11.7 Å². The van der Waals surface area contributed by atoms with Crippen molar-refractivity contribution < 1.29 is 9.59 Å². The summed E-state index contributed by atoms with van der Waals surface area (Å²) in [5, 5.41) is 11.8. The van der Waals surface area contributed by atoms with Gasteiger partial charge in [-0.15, -0.1) is 10.2 Å². The van der Waals surface area contributed by atoms with Crippen molar-refractivity contribution in [3.05, 3.63) is 34.3 Å². The molecule has 1 aliphatic rings. The molecule has 2 heterocycles.